The van der Waals surface area contributed by atoms with Crippen LogP contribution in [0, 0.1) is 11.3 Å². The second kappa shape index (κ2) is 12.5. The lowest BCUT2D eigenvalue weighted by molar-refractivity contribution is -0.147. The van der Waals surface area contributed by atoms with E-state index < -0.39 is 17.5 Å². The number of nitrogens with zero attached hydrogens (tertiary/aromatic N) is 1. The molecule has 4 rings (SSSR count). The van der Waals surface area contributed by atoms with E-state index in [4.69, 9.17) is 4.74 Å². The van der Waals surface area contributed by atoms with Crippen molar-refractivity contribution in [3.05, 3.63) is 64.7 Å². The van der Waals surface area contributed by atoms with E-state index in [9.17, 15) is 14.4 Å². The van der Waals surface area contributed by atoms with E-state index in [0.29, 0.717) is 12.8 Å². The van der Waals surface area contributed by atoms with Crippen molar-refractivity contribution in [2.75, 3.05) is 0 Å². The summed E-state index contributed by atoms with van der Waals surface area (Å²) < 4.78 is 6.12. The molecule has 2 aliphatic rings. The third-order valence-electron chi connectivity index (χ3n) is 8.46. The number of benzene rings is 2. The van der Waals surface area contributed by atoms with Crippen LogP contribution >= 0.6 is 0 Å². The monoisotopic (exact) mass is 575 g/mol. The molecule has 228 valence electrons. The van der Waals surface area contributed by atoms with Gasteiger partial charge in [0.25, 0.3) is 0 Å². The Morgan fingerprint density at radius 2 is 1.71 bits per heavy atom. The summed E-state index contributed by atoms with van der Waals surface area (Å²) in [4.78, 5) is 43.2. The molecule has 7 nitrogen and oxygen atoms in total. The van der Waals surface area contributed by atoms with E-state index in [1.807, 2.05) is 85.7 Å². The highest BCUT2D eigenvalue weighted by Gasteiger charge is 2.43. The van der Waals surface area contributed by atoms with Crippen LogP contribution in [0.2, 0.25) is 0 Å². The number of carbonyl (C=O) groups is 3. The van der Waals surface area contributed by atoms with E-state index in [1.54, 1.807) is 4.90 Å². The lowest BCUT2D eigenvalue weighted by Gasteiger charge is -2.42. The molecule has 2 aromatic carbocycles. The fourth-order valence-corrected chi connectivity index (χ4v) is 5.90. The molecule has 1 heterocycles. The van der Waals surface area contributed by atoms with Gasteiger partial charge in [-0.05, 0) is 86.3 Å². The summed E-state index contributed by atoms with van der Waals surface area (Å²) in [5.74, 6) is -0.0354. The van der Waals surface area contributed by atoms with Gasteiger partial charge in [0.15, 0.2) is 0 Å². The Balaban J connectivity index is 1.68. The molecule has 0 radical (unpaired) electrons. The number of aryl methyl sites for hydroxylation is 1. The molecular weight excluding hydrogens is 526 g/mol. The number of rotatable bonds is 7. The molecule has 0 bridgehead atoms. The molecule has 1 aliphatic carbocycles. The zero-order valence-corrected chi connectivity index (χ0v) is 26.7. The molecule has 2 N–H and O–H groups in total. The highest BCUT2D eigenvalue weighted by Crippen LogP contribution is 2.33. The fourth-order valence-electron chi connectivity index (χ4n) is 5.90. The molecular formula is C35H49N3O4. The third-order valence-corrected chi connectivity index (χ3v) is 8.46. The summed E-state index contributed by atoms with van der Waals surface area (Å²) in [5.41, 5.74) is 3.49. The van der Waals surface area contributed by atoms with Crippen molar-refractivity contribution in [2.45, 2.75) is 118 Å². The second-order valence-corrected chi connectivity index (χ2v) is 14.1. The molecule has 0 saturated heterocycles. The highest BCUT2D eigenvalue weighted by molar-refractivity contribution is 5.93. The molecule has 42 heavy (non-hydrogen) atoms. The van der Waals surface area contributed by atoms with Gasteiger partial charge in [0.1, 0.15) is 23.4 Å². The van der Waals surface area contributed by atoms with Crippen molar-refractivity contribution in [2.24, 2.45) is 11.3 Å². The van der Waals surface area contributed by atoms with Crippen LogP contribution in [0.5, 0.6) is 5.75 Å². The maximum atomic E-state index is 14.4. The Labute approximate surface area is 251 Å². The van der Waals surface area contributed by atoms with Crippen molar-refractivity contribution in [1.82, 2.24) is 15.5 Å². The largest absolute Gasteiger partial charge is 0.488 e. The Hall–Kier alpha value is -3.35. The van der Waals surface area contributed by atoms with Gasteiger partial charge in [-0.25, -0.2) is 0 Å². The van der Waals surface area contributed by atoms with E-state index in [-0.39, 0.29) is 41.8 Å². The van der Waals surface area contributed by atoms with Crippen molar-refractivity contribution >= 4 is 17.7 Å². The van der Waals surface area contributed by atoms with E-state index in [0.717, 1.165) is 41.7 Å². The van der Waals surface area contributed by atoms with Crippen LogP contribution in [-0.4, -0.2) is 40.3 Å². The van der Waals surface area contributed by atoms with Crippen LogP contribution in [0.25, 0.3) is 0 Å². The van der Waals surface area contributed by atoms with Crippen LogP contribution < -0.4 is 15.4 Å². The van der Waals surface area contributed by atoms with Crippen LogP contribution in [0.1, 0.15) is 103 Å². The number of amides is 3. The minimum Gasteiger partial charge on any atom is -0.488 e. The summed E-state index contributed by atoms with van der Waals surface area (Å²) in [6.45, 7) is 15.9. The molecule has 1 aliphatic heterocycles. The number of hydrogen-bond donors (Lipinski definition) is 2. The molecule has 2 aromatic rings. The number of ether oxygens (including phenoxy) is 1. The van der Waals surface area contributed by atoms with Gasteiger partial charge in [0, 0.05) is 18.9 Å². The molecule has 0 spiro atoms. The number of carbonyl (C=O) groups excluding carboxylic acids is 3. The molecule has 0 unspecified atom stereocenters. The van der Waals surface area contributed by atoms with Crippen molar-refractivity contribution in [1.29, 1.82) is 0 Å². The van der Waals surface area contributed by atoms with E-state index in [2.05, 4.69) is 22.8 Å². The number of hydrogen-bond acceptors (Lipinski definition) is 4. The first kappa shape index (κ1) is 31.6. The maximum Gasteiger partial charge on any atom is 0.246 e. The summed E-state index contributed by atoms with van der Waals surface area (Å²) in [5, 5.41) is 6.34. The zero-order chi connectivity index (χ0) is 30.8. The van der Waals surface area contributed by atoms with Gasteiger partial charge in [-0.2, -0.15) is 0 Å². The third kappa shape index (κ3) is 7.34. The van der Waals surface area contributed by atoms with Gasteiger partial charge in [-0.1, -0.05) is 65.0 Å². The van der Waals surface area contributed by atoms with Crippen LogP contribution in [-0.2, 0) is 33.8 Å². The highest BCUT2D eigenvalue weighted by atomic mass is 16.5. The average molecular weight is 576 g/mol. The van der Waals surface area contributed by atoms with Crippen molar-refractivity contribution in [3.8, 4) is 5.75 Å². The predicted octanol–water partition coefficient (Wildman–Crippen LogP) is 5.89. The topological polar surface area (TPSA) is 87.7 Å². The Morgan fingerprint density at radius 1 is 1.00 bits per heavy atom. The maximum absolute atomic E-state index is 14.4. The molecule has 0 saturated carbocycles. The van der Waals surface area contributed by atoms with Crippen LogP contribution in [0.3, 0.4) is 0 Å². The second-order valence-electron chi connectivity index (χ2n) is 14.1. The zero-order valence-electron chi connectivity index (χ0n) is 26.7. The van der Waals surface area contributed by atoms with Gasteiger partial charge in [0.2, 0.25) is 17.7 Å². The lowest BCUT2D eigenvalue weighted by atomic mass is 9.83. The van der Waals surface area contributed by atoms with Gasteiger partial charge in [0.05, 0.1) is 6.04 Å². The number of fused-ring (bicyclic) bond motifs is 2. The molecule has 0 fully saturated rings. The Bertz CT molecular complexity index is 1310. The Morgan fingerprint density at radius 3 is 2.38 bits per heavy atom. The minimum absolute atomic E-state index is 0.0909. The summed E-state index contributed by atoms with van der Waals surface area (Å²) in [7, 11) is 0. The quantitative estimate of drug-likeness (QED) is 0.431. The number of nitrogens with one attached hydrogen (secondary N) is 2. The van der Waals surface area contributed by atoms with Crippen molar-refractivity contribution < 1.29 is 19.1 Å². The van der Waals surface area contributed by atoms with Gasteiger partial charge >= 0.3 is 0 Å². The lowest BCUT2D eigenvalue weighted by Crippen LogP contribution is -2.61. The first-order valence-electron chi connectivity index (χ1n) is 15.5. The fraction of sp³-hybridized carbons (Fsp3) is 0.571. The van der Waals surface area contributed by atoms with Gasteiger partial charge < -0.3 is 20.3 Å². The Kier molecular flexibility index (Phi) is 9.39. The smallest absolute Gasteiger partial charge is 0.246 e. The average Bonchev–Trinajstić information content (AvgIpc) is 2.92. The van der Waals surface area contributed by atoms with Crippen LogP contribution in [0.15, 0.2) is 42.5 Å². The van der Waals surface area contributed by atoms with Gasteiger partial charge in [-0.3, -0.25) is 14.4 Å². The molecule has 3 amide bonds. The predicted molar refractivity (Wildman–Crippen MR) is 166 cm³/mol. The summed E-state index contributed by atoms with van der Waals surface area (Å²) >= 11 is 0. The first-order valence-corrected chi connectivity index (χ1v) is 15.5. The SMILES string of the molecule is CC[C@@H](C)C(=O)N[C@H](C(=O)N1Cc2cc(OC(C)(C)C)ccc2C[C@H]1C(=O)N[C@@H]1CCCc2ccccc21)C(C)(C)C. The molecule has 7 heteroatoms. The first-order chi connectivity index (χ1) is 19.7. The summed E-state index contributed by atoms with van der Waals surface area (Å²) in [6, 6.07) is 12.7. The standard InChI is InChI=1S/C35H49N3O4/c1-9-22(2)31(39)37-30(34(3,4)5)33(41)38-21-25-19-26(42-35(6,7)8)18-17-24(25)20-29(38)32(40)36-28-16-12-14-23-13-10-11-15-27(23)28/h10-11,13,15,17-19,22,28-30H,9,12,14,16,20-21H2,1-8H3,(H,36,40)(H,37,39)/t22-,28-,29+,30-/m1/s1. The van der Waals surface area contributed by atoms with Crippen molar-refractivity contribution in [3.63, 3.8) is 0 Å². The van der Waals surface area contributed by atoms with E-state index >= 15 is 0 Å². The summed E-state index contributed by atoms with van der Waals surface area (Å²) in [6.07, 6.45) is 3.95. The van der Waals surface area contributed by atoms with Gasteiger partial charge in [-0.15, -0.1) is 0 Å². The molecule has 0 aromatic heterocycles. The minimum atomic E-state index is -0.778. The molecule has 4 atom stereocenters. The normalized spacial score (nSPS) is 20.0. The van der Waals surface area contributed by atoms with Crippen LogP contribution in [0.4, 0.5) is 0 Å². The van der Waals surface area contributed by atoms with E-state index in [1.165, 1.54) is 5.56 Å².